The molecule has 2 aromatic heterocycles. The number of ether oxygens (including phenoxy) is 2. The van der Waals surface area contributed by atoms with Crippen molar-refractivity contribution in [2.45, 2.75) is 62.9 Å². The minimum absolute atomic E-state index is 0.0726. The van der Waals surface area contributed by atoms with Crippen molar-refractivity contribution in [3.8, 4) is 5.75 Å². The first kappa shape index (κ1) is 33.9. The maximum absolute atomic E-state index is 13.5. The fourth-order valence-corrected chi connectivity index (χ4v) is 7.32. The molecule has 2 aliphatic rings. The van der Waals surface area contributed by atoms with E-state index in [0.717, 1.165) is 10.1 Å². The van der Waals surface area contributed by atoms with E-state index in [1.165, 1.54) is 17.0 Å². The van der Waals surface area contributed by atoms with Crippen LogP contribution in [0.1, 0.15) is 39.2 Å². The number of aryl methyl sites for hydroxylation is 1. The molecule has 2 saturated heterocycles. The molecule has 252 valence electrons. The van der Waals surface area contributed by atoms with E-state index in [4.69, 9.17) is 9.47 Å². The molecule has 0 radical (unpaired) electrons. The molecule has 0 unspecified atom stereocenters. The van der Waals surface area contributed by atoms with Crippen molar-refractivity contribution >= 4 is 33.8 Å². The molecule has 2 aliphatic heterocycles. The molecule has 15 heteroatoms. The van der Waals surface area contributed by atoms with Crippen molar-refractivity contribution in [3.05, 3.63) is 66.6 Å². The van der Waals surface area contributed by atoms with E-state index in [-0.39, 0.29) is 18.1 Å². The molecule has 0 aliphatic carbocycles. The van der Waals surface area contributed by atoms with E-state index in [1.807, 2.05) is 18.2 Å². The van der Waals surface area contributed by atoms with Gasteiger partial charge in [0.05, 0.1) is 0 Å². The normalized spacial score (nSPS) is 18.1. The van der Waals surface area contributed by atoms with Crippen LogP contribution >= 0.6 is 0 Å². The summed E-state index contributed by atoms with van der Waals surface area (Å²) in [6, 6.07) is 10.3. The molecular formula is C32H41N7O7S. The van der Waals surface area contributed by atoms with Gasteiger partial charge in [-0.1, -0.05) is 18.2 Å². The van der Waals surface area contributed by atoms with Gasteiger partial charge in [0.15, 0.2) is 0 Å². The standard InChI is InChI=1S/C32H41N7O7S/c1-32(2,3)46-29(41)25(35-28(40)26-8-7-16-39(26)47(43,44)30-34-15-17-36(30)4)22-23-10-12-24(13-11-23)45-31(42)38-20-18-37(19-21-38)27-9-5-6-14-33-27/h5-6,9-15,17,25-26H,7-8,16,18-22H2,1-4H3,(H,35,40)/t25-,26-/m0/s1. The molecule has 4 heterocycles. The lowest BCUT2D eigenvalue weighted by atomic mass is 10.0. The lowest BCUT2D eigenvalue weighted by Gasteiger charge is -2.34. The zero-order valence-corrected chi connectivity index (χ0v) is 27.9. The van der Waals surface area contributed by atoms with Crippen LogP contribution in [-0.2, 0) is 37.8 Å². The molecule has 0 spiro atoms. The van der Waals surface area contributed by atoms with E-state index in [0.29, 0.717) is 50.3 Å². The van der Waals surface area contributed by atoms with Crippen molar-refractivity contribution in [3.63, 3.8) is 0 Å². The third-order valence-electron chi connectivity index (χ3n) is 7.91. The highest BCUT2D eigenvalue weighted by Crippen LogP contribution is 2.26. The summed E-state index contributed by atoms with van der Waals surface area (Å²) in [4.78, 5) is 51.7. The number of piperazine rings is 1. The Morgan fingerprint density at radius 2 is 1.70 bits per heavy atom. The van der Waals surface area contributed by atoms with Crippen molar-refractivity contribution in [1.82, 2.24) is 29.1 Å². The summed E-state index contributed by atoms with van der Waals surface area (Å²) in [5.41, 5.74) is -0.142. The first-order valence-corrected chi connectivity index (χ1v) is 17.0. The predicted octanol–water partition coefficient (Wildman–Crippen LogP) is 2.36. The average Bonchev–Trinajstić information content (AvgIpc) is 3.72. The van der Waals surface area contributed by atoms with Crippen LogP contribution in [0.4, 0.5) is 10.6 Å². The summed E-state index contributed by atoms with van der Waals surface area (Å²) >= 11 is 0. The monoisotopic (exact) mass is 667 g/mol. The van der Waals surface area contributed by atoms with Crippen LogP contribution in [0.25, 0.3) is 0 Å². The number of hydrogen-bond donors (Lipinski definition) is 1. The lowest BCUT2D eigenvalue weighted by Crippen LogP contribution is -2.52. The zero-order valence-electron chi connectivity index (χ0n) is 27.0. The topological polar surface area (TPSA) is 156 Å². The van der Waals surface area contributed by atoms with Gasteiger partial charge < -0.3 is 29.2 Å². The smallest absolute Gasteiger partial charge is 0.415 e. The van der Waals surface area contributed by atoms with Gasteiger partial charge in [-0.2, -0.15) is 4.31 Å². The summed E-state index contributed by atoms with van der Waals surface area (Å²) in [7, 11) is -2.47. The number of amides is 2. The molecule has 47 heavy (non-hydrogen) atoms. The third kappa shape index (κ3) is 8.27. The second-order valence-electron chi connectivity index (χ2n) is 12.6. The molecule has 0 bridgehead atoms. The van der Waals surface area contributed by atoms with Gasteiger partial charge in [-0.05, 0) is 63.4 Å². The van der Waals surface area contributed by atoms with E-state index < -0.39 is 45.7 Å². The quantitative estimate of drug-likeness (QED) is 0.336. The highest BCUT2D eigenvalue weighted by Gasteiger charge is 2.42. The lowest BCUT2D eigenvalue weighted by molar-refractivity contribution is -0.158. The molecule has 2 amide bonds. The number of nitrogens with zero attached hydrogens (tertiary/aromatic N) is 6. The van der Waals surface area contributed by atoms with Gasteiger partial charge in [-0.25, -0.2) is 28.0 Å². The van der Waals surface area contributed by atoms with E-state index in [9.17, 15) is 22.8 Å². The summed E-state index contributed by atoms with van der Waals surface area (Å²) in [6.45, 7) is 7.59. The fraction of sp³-hybridized carbons (Fsp3) is 0.469. The fourth-order valence-electron chi connectivity index (χ4n) is 5.58. The number of pyridine rings is 1. The third-order valence-corrected chi connectivity index (χ3v) is 9.82. The summed E-state index contributed by atoms with van der Waals surface area (Å²) in [6.07, 6.45) is 5.04. The van der Waals surface area contributed by atoms with Crippen LogP contribution in [0.5, 0.6) is 5.75 Å². The Morgan fingerprint density at radius 3 is 2.32 bits per heavy atom. The second-order valence-corrected chi connectivity index (χ2v) is 14.4. The Balaban J connectivity index is 1.22. The Labute approximate surface area is 274 Å². The number of carbonyl (C=O) groups excluding carboxylic acids is 3. The first-order valence-electron chi connectivity index (χ1n) is 15.6. The maximum atomic E-state index is 13.5. The number of hydrogen-bond acceptors (Lipinski definition) is 10. The predicted molar refractivity (Wildman–Crippen MR) is 172 cm³/mol. The highest BCUT2D eigenvalue weighted by molar-refractivity contribution is 7.89. The van der Waals surface area contributed by atoms with Crippen LogP contribution in [0.3, 0.4) is 0 Å². The van der Waals surface area contributed by atoms with Crippen LogP contribution in [0, 0.1) is 0 Å². The second kappa shape index (κ2) is 14.1. The zero-order chi connectivity index (χ0) is 33.8. The average molecular weight is 668 g/mol. The summed E-state index contributed by atoms with van der Waals surface area (Å²) < 4.78 is 40.4. The number of anilines is 1. The molecule has 3 aromatic rings. The van der Waals surface area contributed by atoms with Gasteiger partial charge in [0, 0.05) is 64.8 Å². The highest BCUT2D eigenvalue weighted by atomic mass is 32.2. The van der Waals surface area contributed by atoms with Gasteiger partial charge in [0.25, 0.3) is 10.0 Å². The molecule has 14 nitrogen and oxygen atoms in total. The number of imidazole rings is 1. The number of aromatic nitrogens is 3. The number of esters is 1. The van der Waals surface area contributed by atoms with Crippen molar-refractivity contribution in [2.75, 3.05) is 37.6 Å². The largest absolute Gasteiger partial charge is 0.458 e. The van der Waals surface area contributed by atoms with Crippen LogP contribution in [0.2, 0.25) is 0 Å². The molecule has 2 fully saturated rings. The van der Waals surface area contributed by atoms with Crippen molar-refractivity contribution in [2.24, 2.45) is 7.05 Å². The Bertz CT molecular complexity index is 1670. The van der Waals surface area contributed by atoms with Crippen molar-refractivity contribution in [1.29, 1.82) is 0 Å². The summed E-state index contributed by atoms with van der Waals surface area (Å²) in [5.74, 6) is -0.0376. The van der Waals surface area contributed by atoms with E-state index in [1.54, 1.807) is 63.2 Å². The van der Waals surface area contributed by atoms with Crippen LogP contribution in [-0.4, -0.2) is 101 Å². The van der Waals surface area contributed by atoms with Crippen molar-refractivity contribution < 1.29 is 32.3 Å². The molecule has 1 aromatic carbocycles. The van der Waals surface area contributed by atoms with E-state index >= 15 is 0 Å². The number of sulfonamides is 1. The van der Waals surface area contributed by atoms with Gasteiger partial charge in [-0.15, -0.1) is 0 Å². The Kier molecular flexibility index (Phi) is 10.2. The van der Waals surface area contributed by atoms with Crippen LogP contribution in [0.15, 0.2) is 66.2 Å². The van der Waals surface area contributed by atoms with Gasteiger partial charge in [0.2, 0.25) is 11.1 Å². The minimum atomic E-state index is -4.04. The van der Waals surface area contributed by atoms with E-state index in [2.05, 4.69) is 20.2 Å². The molecule has 0 saturated carbocycles. The molecule has 2 atom stereocenters. The maximum Gasteiger partial charge on any atom is 0.415 e. The van der Waals surface area contributed by atoms with Crippen LogP contribution < -0.4 is 15.0 Å². The molecule has 1 N–H and O–H groups in total. The minimum Gasteiger partial charge on any atom is -0.458 e. The van der Waals surface area contributed by atoms with Gasteiger partial charge in [-0.3, -0.25) is 4.79 Å². The number of carbonyl (C=O) groups is 3. The van der Waals surface area contributed by atoms with Gasteiger partial charge in [0.1, 0.15) is 29.3 Å². The first-order chi connectivity index (χ1) is 22.3. The Hall–Kier alpha value is -4.50. The summed E-state index contributed by atoms with van der Waals surface area (Å²) in [5, 5.41) is 2.59. The number of rotatable bonds is 9. The molecular weight excluding hydrogens is 626 g/mol. The Morgan fingerprint density at radius 1 is 0.979 bits per heavy atom. The van der Waals surface area contributed by atoms with Gasteiger partial charge >= 0.3 is 12.1 Å². The number of benzene rings is 1. The number of nitrogens with one attached hydrogen (secondary N) is 1. The molecule has 5 rings (SSSR count). The SMILES string of the molecule is Cn1ccnc1S(=O)(=O)N1CCC[C@H]1C(=O)N[C@@H](Cc1ccc(OC(=O)N2CCN(c3ccccn3)CC2)cc1)C(=O)OC(C)(C)C.